The van der Waals surface area contributed by atoms with Crippen molar-refractivity contribution in [2.24, 2.45) is 0 Å². The highest BCUT2D eigenvalue weighted by Crippen LogP contribution is 2.23. The molecule has 0 fully saturated rings. The van der Waals surface area contributed by atoms with Gasteiger partial charge in [-0.3, -0.25) is 0 Å². The smallest absolute Gasteiger partial charge is 0.250 e. The fourth-order valence-corrected chi connectivity index (χ4v) is 4.10. The van der Waals surface area contributed by atoms with Crippen molar-refractivity contribution in [3.8, 4) is 0 Å². The van der Waals surface area contributed by atoms with Gasteiger partial charge < -0.3 is 9.15 Å². The summed E-state index contributed by atoms with van der Waals surface area (Å²) in [6.07, 6.45) is 1.92. The lowest BCUT2D eigenvalue weighted by Gasteiger charge is -2.13. The fourth-order valence-electron chi connectivity index (χ4n) is 1.72. The first-order chi connectivity index (χ1) is 9.56. The van der Waals surface area contributed by atoms with Crippen LogP contribution in [0.3, 0.4) is 0 Å². The normalized spacial score (nSPS) is 13.5. The number of rotatable bonds is 7. The zero-order valence-electron chi connectivity index (χ0n) is 11.3. The third kappa shape index (κ3) is 3.49. The van der Waals surface area contributed by atoms with E-state index in [4.69, 9.17) is 9.15 Å². The molecule has 0 aliphatic heterocycles. The molecule has 0 spiro atoms. The van der Waals surface area contributed by atoms with Gasteiger partial charge in [0.25, 0.3) is 0 Å². The Morgan fingerprint density at radius 1 is 1.40 bits per heavy atom. The van der Waals surface area contributed by atoms with E-state index in [0.717, 1.165) is 11.3 Å². The molecule has 2 aromatic heterocycles. The lowest BCUT2D eigenvalue weighted by Crippen LogP contribution is -2.28. The number of aryl methyl sites for hydroxylation is 1. The van der Waals surface area contributed by atoms with Crippen molar-refractivity contribution < 1.29 is 17.6 Å². The highest BCUT2D eigenvalue weighted by atomic mass is 32.2. The summed E-state index contributed by atoms with van der Waals surface area (Å²) in [5, 5.41) is 0. The first kappa shape index (κ1) is 15.2. The van der Waals surface area contributed by atoms with Crippen molar-refractivity contribution in [2.45, 2.75) is 23.7 Å². The van der Waals surface area contributed by atoms with Crippen LogP contribution in [-0.2, 0) is 21.2 Å². The minimum absolute atomic E-state index is 0.131. The molecule has 7 heteroatoms. The number of thiophene rings is 1. The molecule has 0 aliphatic rings. The lowest BCUT2D eigenvalue weighted by atomic mass is 10.3. The van der Waals surface area contributed by atoms with Crippen molar-refractivity contribution in [1.29, 1.82) is 0 Å². The van der Waals surface area contributed by atoms with Crippen molar-refractivity contribution >= 4 is 21.4 Å². The summed E-state index contributed by atoms with van der Waals surface area (Å²) >= 11 is 1.28. The van der Waals surface area contributed by atoms with Gasteiger partial charge in [0.15, 0.2) is 0 Å². The molecule has 20 heavy (non-hydrogen) atoms. The van der Waals surface area contributed by atoms with Crippen LogP contribution < -0.4 is 4.72 Å². The van der Waals surface area contributed by atoms with Gasteiger partial charge in [0.1, 0.15) is 16.1 Å². The second-order valence-electron chi connectivity index (χ2n) is 4.17. The number of furan rings is 1. The number of nitrogens with one attached hydrogen (secondary N) is 1. The molecule has 2 rings (SSSR count). The summed E-state index contributed by atoms with van der Waals surface area (Å²) in [4.78, 5) is 1.04. The Hall–Kier alpha value is -1.15. The molecule has 1 unspecified atom stereocenters. The Bertz CT molecular complexity index is 631. The summed E-state index contributed by atoms with van der Waals surface area (Å²) < 4.78 is 37.7. The Balaban J connectivity index is 2.05. The van der Waals surface area contributed by atoms with Gasteiger partial charge in [-0.25, -0.2) is 13.1 Å². The highest BCUT2D eigenvalue weighted by molar-refractivity contribution is 7.91. The maximum Gasteiger partial charge on any atom is 0.250 e. The lowest BCUT2D eigenvalue weighted by molar-refractivity contribution is 0.0878. The van der Waals surface area contributed by atoms with Crippen LogP contribution in [0, 0.1) is 0 Å². The van der Waals surface area contributed by atoms with Crippen molar-refractivity contribution in [3.05, 3.63) is 41.2 Å². The predicted octanol–water partition coefficient (Wildman–Crippen LogP) is 2.57. The molecule has 0 saturated heterocycles. The SMILES string of the molecule is CCc1ccc(S(=O)(=O)NCC(OC)c2ccco2)s1. The first-order valence-corrected chi connectivity index (χ1v) is 8.51. The van der Waals surface area contributed by atoms with E-state index in [1.807, 2.05) is 13.0 Å². The maximum absolute atomic E-state index is 12.2. The molecule has 5 nitrogen and oxygen atoms in total. The molecular formula is C13H17NO4S2. The molecule has 0 radical (unpaired) electrons. The number of methoxy groups -OCH3 is 1. The molecule has 2 aromatic rings. The third-order valence-electron chi connectivity index (χ3n) is 2.85. The summed E-state index contributed by atoms with van der Waals surface area (Å²) in [5.74, 6) is 0.593. The number of sulfonamides is 1. The predicted molar refractivity (Wildman–Crippen MR) is 77.3 cm³/mol. The monoisotopic (exact) mass is 315 g/mol. The van der Waals surface area contributed by atoms with Gasteiger partial charge in [-0.2, -0.15) is 0 Å². The van der Waals surface area contributed by atoms with Gasteiger partial charge in [0.2, 0.25) is 10.0 Å². The van der Waals surface area contributed by atoms with E-state index in [1.165, 1.54) is 24.7 Å². The molecule has 0 amide bonds. The zero-order chi connectivity index (χ0) is 14.6. The van der Waals surface area contributed by atoms with E-state index in [-0.39, 0.29) is 6.54 Å². The number of hydrogen-bond acceptors (Lipinski definition) is 5. The van der Waals surface area contributed by atoms with Crippen LogP contribution in [-0.4, -0.2) is 22.1 Å². The van der Waals surface area contributed by atoms with Crippen LogP contribution in [0.5, 0.6) is 0 Å². The van der Waals surface area contributed by atoms with Crippen LogP contribution >= 0.6 is 11.3 Å². The van der Waals surface area contributed by atoms with E-state index in [1.54, 1.807) is 18.2 Å². The van der Waals surface area contributed by atoms with E-state index in [2.05, 4.69) is 4.72 Å². The van der Waals surface area contributed by atoms with Crippen LogP contribution in [0.4, 0.5) is 0 Å². The Morgan fingerprint density at radius 2 is 2.20 bits per heavy atom. The van der Waals surface area contributed by atoms with Crippen molar-refractivity contribution in [2.75, 3.05) is 13.7 Å². The molecule has 2 heterocycles. The van der Waals surface area contributed by atoms with E-state index in [9.17, 15) is 8.42 Å². The van der Waals surface area contributed by atoms with Crippen LogP contribution in [0.15, 0.2) is 39.2 Å². The van der Waals surface area contributed by atoms with Crippen molar-refractivity contribution in [3.63, 3.8) is 0 Å². The second kappa shape index (κ2) is 6.53. The quantitative estimate of drug-likeness (QED) is 0.852. The van der Waals surface area contributed by atoms with Crippen LogP contribution in [0.25, 0.3) is 0 Å². The van der Waals surface area contributed by atoms with Crippen LogP contribution in [0.1, 0.15) is 23.7 Å². The average molecular weight is 315 g/mol. The van der Waals surface area contributed by atoms with Gasteiger partial charge in [0.05, 0.1) is 6.26 Å². The summed E-state index contributed by atoms with van der Waals surface area (Å²) in [6.45, 7) is 2.12. The summed E-state index contributed by atoms with van der Waals surface area (Å²) in [7, 11) is -1.98. The second-order valence-corrected chi connectivity index (χ2v) is 7.33. The minimum Gasteiger partial charge on any atom is -0.467 e. The fraction of sp³-hybridized carbons (Fsp3) is 0.385. The number of hydrogen-bond donors (Lipinski definition) is 1. The summed E-state index contributed by atoms with van der Waals surface area (Å²) in [5.41, 5.74) is 0. The molecule has 1 atom stereocenters. The average Bonchev–Trinajstić information content (AvgIpc) is 3.11. The van der Waals surface area contributed by atoms with Crippen molar-refractivity contribution in [1.82, 2.24) is 4.72 Å². The highest BCUT2D eigenvalue weighted by Gasteiger charge is 2.20. The van der Waals surface area contributed by atoms with E-state index >= 15 is 0 Å². The standard InChI is InChI=1S/C13H17NO4S2/c1-3-10-6-7-13(19-10)20(15,16)14-9-12(17-2)11-5-4-8-18-11/h4-8,12,14H,3,9H2,1-2H3. The van der Waals surface area contributed by atoms with Crippen LogP contribution in [0.2, 0.25) is 0 Å². The topological polar surface area (TPSA) is 68.5 Å². The Kier molecular flexibility index (Phi) is 4.98. The molecule has 1 N–H and O–H groups in total. The minimum atomic E-state index is -3.50. The molecule has 0 aromatic carbocycles. The van der Waals surface area contributed by atoms with Gasteiger partial charge in [-0.05, 0) is 30.7 Å². The van der Waals surface area contributed by atoms with E-state index < -0.39 is 16.1 Å². The molecule has 110 valence electrons. The Morgan fingerprint density at radius 3 is 2.75 bits per heavy atom. The van der Waals surface area contributed by atoms with Gasteiger partial charge >= 0.3 is 0 Å². The molecule has 0 aliphatic carbocycles. The maximum atomic E-state index is 12.2. The zero-order valence-corrected chi connectivity index (χ0v) is 13.0. The first-order valence-electron chi connectivity index (χ1n) is 6.21. The Labute approximate surface area is 122 Å². The molecule has 0 bridgehead atoms. The molecular weight excluding hydrogens is 298 g/mol. The van der Waals surface area contributed by atoms with Gasteiger partial charge in [0, 0.05) is 18.5 Å². The van der Waals surface area contributed by atoms with Gasteiger partial charge in [-0.15, -0.1) is 11.3 Å². The summed E-state index contributed by atoms with van der Waals surface area (Å²) in [6, 6.07) is 6.95. The molecule has 0 saturated carbocycles. The van der Waals surface area contributed by atoms with Gasteiger partial charge in [-0.1, -0.05) is 6.92 Å². The largest absolute Gasteiger partial charge is 0.467 e. The number of ether oxygens (including phenoxy) is 1. The van der Waals surface area contributed by atoms with E-state index in [0.29, 0.717) is 9.97 Å². The third-order valence-corrected chi connectivity index (χ3v) is 6.00.